The van der Waals surface area contributed by atoms with Crippen LogP contribution in [0.15, 0.2) is 23.0 Å². The highest BCUT2D eigenvalue weighted by Gasteiger charge is 2.34. The van der Waals surface area contributed by atoms with Crippen molar-refractivity contribution in [3.63, 3.8) is 0 Å². The molecule has 0 aromatic carbocycles. The van der Waals surface area contributed by atoms with Gasteiger partial charge in [0.05, 0.1) is 18.4 Å². The van der Waals surface area contributed by atoms with E-state index in [9.17, 15) is 23.2 Å². The number of hydrogen-bond acceptors (Lipinski definition) is 5. The zero-order valence-corrected chi connectivity index (χ0v) is 10.1. The number of esters is 1. The Morgan fingerprint density at radius 1 is 1.37 bits per heavy atom. The number of alkyl halides is 2. The third kappa shape index (κ3) is 3.97. The Balaban J connectivity index is 2.89. The molecule has 0 aliphatic carbocycles. The van der Waals surface area contributed by atoms with Gasteiger partial charge in [0.15, 0.2) is 11.6 Å². The molecule has 1 aromatic heterocycles. The Hall–Kier alpha value is -2.05. The first-order valence-corrected chi connectivity index (χ1v) is 5.51. The van der Waals surface area contributed by atoms with Gasteiger partial charge in [0.25, 0.3) is 6.43 Å². The first-order valence-electron chi connectivity index (χ1n) is 5.51. The Morgan fingerprint density at radius 3 is 2.53 bits per heavy atom. The maximum absolute atomic E-state index is 12.2. The Labute approximate surface area is 107 Å². The fourth-order valence-electron chi connectivity index (χ4n) is 1.42. The van der Waals surface area contributed by atoms with Crippen molar-refractivity contribution in [2.45, 2.75) is 19.8 Å². The molecule has 0 amide bonds. The third-order valence-corrected chi connectivity index (χ3v) is 2.34. The molecular weight excluding hydrogens is 262 g/mol. The summed E-state index contributed by atoms with van der Waals surface area (Å²) < 4.78 is 33.7. The molecular formula is C12H12F2O5. The fraction of sp³-hybridized carbons (Fsp3) is 0.417. The van der Waals surface area contributed by atoms with Crippen molar-refractivity contribution >= 4 is 17.5 Å². The van der Waals surface area contributed by atoms with E-state index < -0.39 is 36.3 Å². The minimum absolute atomic E-state index is 0.0170. The van der Waals surface area contributed by atoms with Gasteiger partial charge in [0.2, 0.25) is 0 Å². The van der Waals surface area contributed by atoms with Crippen molar-refractivity contribution in [1.29, 1.82) is 0 Å². The van der Waals surface area contributed by atoms with E-state index in [-0.39, 0.29) is 12.2 Å². The van der Waals surface area contributed by atoms with E-state index in [4.69, 9.17) is 0 Å². The summed E-state index contributed by atoms with van der Waals surface area (Å²) in [4.78, 5) is 34.5. The number of furan rings is 1. The lowest BCUT2D eigenvalue weighted by Gasteiger charge is -2.12. The molecule has 0 bridgehead atoms. The third-order valence-electron chi connectivity index (χ3n) is 2.34. The second-order valence-electron chi connectivity index (χ2n) is 3.65. The summed E-state index contributed by atoms with van der Waals surface area (Å²) >= 11 is 0. The average Bonchev–Trinajstić information content (AvgIpc) is 2.88. The van der Waals surface area contributed by atoms with Crippen LogP contribution in [0.5, 0.6) is 0 Å². The molecule has 1 aromatic rings. The first-order chi connectivity index (χ1) is 8.97. The Bertz CT molecular complexity index is 453. The van der Waals surface area contributed by atoms with Crippen LogP contribution in [0.2, 0.25) is 0 Å². The van der Waals surface area contributed by atoms with Crippen molar-refractivity contribution in [2.24, 2.45) is 5.92 Å². The number of ketones is 2. The lowest BCUT2D eigenvalue weighted by Crippen LogP contribution is -2.30. The van der Waals surface area contributed by atoms with Crippen LogP contribution in [-0.4, -0.2) is 30.6 Å². The molecule has 104 valence electrons. The molecule has 0 aliphatic heterocycles. The van der Waals surface area contributed by atoms with Crippen molar-refractivity contribution in [3.8, 4) is 0 Å². The van der Waals surface area contributed by atoms with Crippen LogP contribution in [0.4, 0.5) is 8.78 Å². The molecule has 0 N–H and O–H groups in total. The van der Waals surface area contributed by atoms with Crippen LogP contribution in [-0.2, 0) is 14.3 Å². The van der Waals surface area contributed by atoms with E-state index in [1.54, 1.807) is 0 Å². The number of Topliss-reactive ketones (excluding diaryl/α,β-unsaturated/α-hetero) is 2. The first kappa shape index (κ1) is 15.0. The summed E-state index contributed by atoms with van der Waals surface area (Å²) in [6.07, 6.45) is -1.85. The van der Waals surface area contributed by atoms with Gasteiger partial charge in [-0.15, -0.1) is 0 Å². The quantitative estimate of drug-likeness (QED) is 0.431. The lowest BCUT2D eigenvalue weighted by atomic mass is 9.94. The summed E-state index contributed by atoms with van der Waals surface area (Å²) in [6.45, 7) is 1.49. The topological polar surface area (TPSA) is 73.6 Å². The highest BCUT2D eigenvalue weighted by Crippen LogP contribution is 2.17. The minimum Gasteiger partial charge on any atom is -0.472 e. The Morgan fingerprint density at radius 2 is 2.05 bits per heavy atom. The molecule has 1 atom stereocenters. The summed E-state index contributed by atoms with van der Waals surface area (Å²) in [5.74, 6) is -4.82. The smallest absolute Gasteiger partial charge is 0.317 e. The van der Waals surface area contributed by atoms with Crippen LogP contribution in [0.25, 0.3) is 0 Å². The molecule has 0 saturated carbocycles. The Kier molecular flexibility index (Phi) is 5.35. The van der Waals surface area contributed by atoms with Crippen LogP contribution in [0.3, 0.4) is 0 Å². The minimum atomic E-state index is -3.23. The second-order valence-corrected chi connectivity index (χ2v) is 3.65. The summed E-state index contributed by atoms with van der Waals surface area (Å²) in [6, 6.07) is 1.28. The predicted octanol–water partition coefficient (Wildman–Crippen LogP) is 1.87. The van der Waals surface area contributed by atoms with Crippen LogP contribution in [0.1, 0.15) is 23.7 Å². The zero-order chi connectivity index (χ0) is 14.4. The maximum atomic E-state index is 12.2. The SMILES string of the molecule is CCOC(=O)C(CC(=O)C(F)F)C(=O)c1ccoc1. The molecule has 1 unspecified atom stereocenters. The normalized spacial score (nSPS) is 12.2. The van der Waals surface area contributed by atoms with Gasteiger partial charge in [-0.05, 0) is 13.0 Å². The van der Waals surface area contributed by atoms with E-state index in [0.717, 1.165) is 6.26 Å². The lowest BCUT2D eigenvalue weighted by molar-refractivity contribution is -0.148. The molecule has 19 heavy (non-hydrogen) atoms. The van der Waals surface area contributed by atoms with E-state index in [0.29, 0.717) is 0 Å². The highest BCUT2D eigenvalue weighted by molar-refractivity contribution is 6.10. The van der Waals surface area contributed by atoms with E-state index >= 15 is 0 Å². The molecule has 0 aliphatic rings. The van der Waals surface area contributed by atoms with Crippen molar-refractivity contribution in [3.05, 3.63) is 24.2 Å². The molecule has 0 fully saturated rings. The van der Waals surface area contributed by atoms with Gasteiger partial charge in [0.1, 0.15) is 12.2 Å². The summed E-state index contributed by atoms with van der Waals surface area (Å²) in [7, 11) is 0. The molecule has 0 saturated heterocycles. The number of hydrogen-bond donors (Lipinski definition) is 0. The maximum Gasteiger partial charge on any atom is 0.317 e. The van der Waals surface area contributed by atoms with Gasteiger partial charge in [-0.2, -0.15) is 0 Å². The van der Waals surface area contributed by atoms with E-state index in [1.165, 1.54) is 19.3 Å². The summed E-state index contributed by atoms with van der Waals surface area (Å²) in [5.41, 5.74) is 0.0279. The van der Waals surface area contributed by atoms with Gasteiger partial charge in [-0.25, -0.2) is 8.78 Å². The number of rotatable bonds is 7. The van der Waals surface area contributed by atoms with Crippen LogP contribution < -0.4 is 0 Å². The van der Waals surface area contributed by atoms with Gasteiger partial charge < -0.3 is 9.15 Å². The highest BCUT2D eigenvalue weighted by atomic mass is 19.3. The summed E-state index contributed by atoms with van der Waals surface area (Å²) in [5, 5.41) is 0. The number of ether oxygens (including phenoxy) is 1. The van der Waals surface area contributed by atoms with Gasteiger partial charge in [0, 0.05) is 6.42 Å². The molecule has 5 nitrogen and oxygen atoms in total. The van der Waals surface area contributed by atoms with Crippen LogP contribution in [0, 0.1) is 5.92 Å². The largest absolute Gasteiger partial charge is 0.472 e. The molecule has 0 radical (unpaired) electrons. The second kappa shape index (κ2) is 6.77. The van der Waals surface area contributed by atoms with Gasteiger partial charge >= 0.3 is 5.97 Å². The van der Waals surface area contributed by atoms with Gasteiger partial charge in [-0.1, -0.05) is 0 Å². The van der Waals surface area contributed by atoms with Gasteiger partial charge in [-0.3, -0.25) is 14.4 Å². The molecule has 7 heteroatoms. The zero-order valence-electron chi connectivity index (χ0n) is 10.1. The van der Waals surface area contributed by atoms with E-state index in [1.807, 2.05) is 0 Å². The van der Waals surface area contributed by atoms with Crippen LogP contribution >= 0.6 is 0 Å². The number of carbonyl (C=O) groups excluding carboxylic acids is 3. The monoisotopic (exact) mass is 274 g/mol. The molecule has 0 spiro atoms. The molecule has 1 heterocycles. The van der Waals surface area contributed by atoms with Crippen molar-refractivity contribution in [2.75, 3.05) is 6.61 Å². The predicted molar refractivity (Wildman–Crippen MR) is 58.8 cm³/mol. The number of carbonyl (C=O) groups is 3. The number of halogens is 2. The van der Waals surface area contributed by atoms with Crippen molar-refractivity contribution in [1.82, 2.24) is 0 Å². The van der Waals surface area contributed by atoms with E-state index in [2.05, 4.69) is 9.15 Å². The molecule has 1 rings (SSSR count). The standard InChI is InChI=1S/C12H12F2O5/c1-2-19-12(17)8(5-9(15)11(13)14)10(16)7-3-4-18-6-7/h3-4,6,8,11H,2,5H2,1H3. The fourth-order valence-corrected chi connectivity index (χ4v) is 1.42. The average molecular weight is 274 g/mol. The van der Waals surface area contributed by atoms with Crippen molar-refractivity contribution < 1.29 is 32.3 Å².